The van der Waals surface area contributed by atoms with Crippen LogP contribution in [0, 0.1) is 6.92 Å². The normalized spacial score (nSPS) is 13.9. The van der Waals surface area contributed by atoms with Gasteiger partial charge in [0.15, 0.2) is 0 Å². The summed E-state index contributed by atoms with van der Waals surface area (Å²) in [6.45, 7) is 2.73. The first-order valence-corrected chi connectivity index (χ1v) is 9.56. The van der Waals surface area contributed by atoms with Gasteiger partial charge in [0.1, 0.15) is 5.82 Å². The lowest BCUT2D eigenvalue weighted by atomic mass is 10.1. The number of hydrogen-bond donors (Lipinski definition) is 1. The molecule has 2 aromatic heterocycles. The number of aromatic nitrogens is 2. The van der Waals surface area contributed by atoms with Gasteiger partial charge in [-0.05, 0) is 61.1 Å². The van der Waals surface area contributed by atoms with E-state index >= 15 is 0 Å². The average molecular weight is 365 g/mol. The molecule has 3 heterocycles. The van der Waals surface area contributed by atoms with E-state index < -0.39 is 0 Å². The molecular weight excluding hydrogens is 346 g/mol. The van der Waals surface area contributed by atoms with Crippen molar-refractivity contribution in [2.45, 2.75) is 32.7 Å². The Labute approximate surface area is 155 Å². The molecule has 6 heteroatoms. The SMILES string of the molecule is Cc1ccsc1C=CC(=O)Nc1ccc2nc3n(c(=O)c2c1)CCCC3. The Morgan fingerprint density at radius 3 is 3.00 bits per heavy atom. The van der Waals surface area contributed by atoms with Gasteiger partial charge in [-0.15, -0.1) is 11.3 Å². The van der Waals surface area contributed by atoms with Gasteiger partial charge in [0.05, 0.1) is 10.9 Å². The van der Waals surface area contributed by atoms with E-state index in [-0.39, 0.29) is 11.5 Å². The lowest BCUT2D eigenvalue weighted by Crippen LogP contribution is -2.28. The molecule has 1 amide bonds. The number of carbonyl (C=O) groups is 1. The third-order valence-electron chi connectivity index (χ3n) is 4.62. The largest absolute Gasteiger partial charge is 0.322 e. The molecule has 0 fully saturated rings. The zero-order chi connectivity index (χ0) is 18.1. The molecular formula is C20H19N3O2S. The third-order valence-corrected chi connectivity index (χ3v) is 5.60. The fraction of sp³-hybridized carbons (Fsp3) is 0.250. The van der Waals surface area contributed by atoms with Crippen LogP contribution in [0.25, 0.3) is 17.0 Å². The van der Waals surface area contributed by atoms with Crippen LogP contribution < -0.4 is 10.9 Å². The van der Waals surface area contributed by atoms with E-state index in [0.717, 1.165) is 42.1 Å². The quantitative estimate of drug-likeness (QED) is 0.719. The second kappa shape index (κ2) is 6.88. The predicted molar refractivity (Wildman–Crippen MR) is 106 cm³/mol. The second-order valence-electron chi connectivity index (χ2n) is 6.46. The summed E-state index contributed by atoms with van der Waals surface area (Å²) in [5, 5.41) is 5.37. The molecule has 0 aliphatic carbocycles. The van der Waals surface area contributed by atoms with Crippen molar-refractivity contribution in [3.8, 4) is 0 Å². The number of carbonyl (C=O) groups excluding carboxylic acids is 1. The molecule has 1 N–H and O–H groups in total. The number of thiophene rings is 1. The smallest absolute Gasteiger partial charge is 0.261 e. The summed E-state index contributed by atoms with van der Waals surface area (Å²) in [5.41, 5.74) is 2.41. The van der Waals surface area contributed by atoms with E-state index in [1.807, 2.05) is 24.4 Å². The maximum absolute atomic E-state index is 12.7. The Hall–Kier alpha value is -2.73. The third kappa shape index (κ3) is 3.20. The molecule has 0 unspecified atom stereocenters. The molecule has 5 nitrogen and oxygen atoms in total. The summed E-state index contributed by atoms with van der Waals surface area (Å²) < 4.78 is 1.76. The van der Waals surface area contributed by atoms with Crippen molar-refractivity contribution in [3.63, 3.8) is 0 Å². The monoisotopic (exact) mass is 365 g/mol. The highest BCUT2D eigenvalue weighted by Gasteiger charge is 2.15. The first-order chi connectivity index (χ1) is 12.6. The van der Waals surface area contributed by atoms with Crippen LogP contribution in [0.15, 0.2) is 40.5 Å². The summed E-state index contributed by atoms with van der Waals surface area (Å²) in [6.07, 6.45) is 6.24. The molecule has 0 bridgehead atoms. The van der Waals surface area contributed by atoms with Gasteiger partial charge in [0, 0.05) is 29.6 Å². The highest BCUT2D eigenvalue weighted by Crippen LogP contribution is 2.19. The van der Waals surface area contributed by atoms with Gasteiger partial charge in [-0.25, -0.2) is 4.98 Å². The summed E-state index contributed by atoms with van der Waals surface area (Å²) in [7, 11) is 0. The topological polar surface area (TPSA) is 64.0 Å². The molecule has 0 saturated heterocycles. The van der Waals surface area contributed by atoms with Gasteiger partial charge in [-0.3, -0.25) is 14.2 Å². The van der Waals surface area contributed by atoms with E-state index in [1.54, 1.807) is 34.1 Å². The molecule has 1 aliphatic heterocycles. The molecule has 1 aromatic carbocycles. The van der Waals surface area contributed by atoms with Gasteiger partial charge >= 0.3 is 0 Å². The molecule has 0 atom stereocenters. The molecule has 3 aromatic rings. The van der Waals surface area contributed by atoms with Crippen LogP contribution in [-0.4, -0.2) is 15.5 Å². The zero-order valence-corrected chi connectivity index (χ0v) is 15.3. The van der Waals surface area contributed by atoms with E-state index in [4.69, 9.17) is 0 Å². The zero-order valence-electron chi connectivity index (χ0n) is 14.5. The van der Waals surface area contributed by atoms with Gasteiger partial charge in [-0.1, -0.05) is 0 Å². The number of rotatable bonds is 3. The van der Waals surface area contributed by atoms with Crippen molar-refractivity contribution < 1.29 is 4.79 Å². The van der Waals surface area contributed by atoms with Gasteiger partial charge in [0.25, 0.3) is 5.56 Å². The Morgan fingerprint density at radius 1 is 1.31 bits per heavy atom. The lowest BCUT2D eigenvalue weighted by Gasteiger charge is -2.17. The van der Waals surface area contributed by atoms with Crippen LogP contribution >= 0.6 is 11.3 Å². The van der Waals surface area contributed by atoms with E-state index in [9.17, 15) is 9.59 Å². The number of amides is 1. The number of hydrogen-bond acceptors (Lipinski definition) is 4. The van der Waals surface area contributed by atoms with Gasteiger partial charge in [0.2, 0.25) is 5.91 Å². The van der Waals surface area contributed by atoms with Crippen LogP contribution in [0.5, 0.6) is 0 Å². The Kier molecular flexibility index (Phi) is 4.42. The Bertz CT molecular complexity index is 1080. The van der Waals surface area contributed by atoms with Crippen molar-refractivity contribution in [2.24, 2.45) is 0 Å². The number of anilines is 1. The van der Waals surface area contributed by atoms with Gasteiger partial charge in [-0.2, -0.15) is 0 Å². The molecule has 4 rings (SSSR count). The number of nitrogens with one attached hydrogen (secondary N) is 1. The average Bonchev–Trinajstić information content (AvgIpc) is 3.06. The number of benzene rings is 1. The van der Waals surface area contributed by atoms with E-state index in [0.29, 0.717) is 16.6 Å². The number of fused-ring (bicyclic) bond motifs is 2. The summed E-state index contributed by atoms with van der Waals surface area (Å²) in [4.78, 5) is 30.6. The fourth-order valence-corrected chi connectivity index (χ4v) is 4.03. The minimum absolute atomic E-state index is 0.0226. The summed E-state index contributed by atoms with van der Waals surface area (Å²) >= 11 is 1.60. The predicted octanol–water partition coefficient (Wildman–Crippen LogP) is 3.75. The summed E-state index contributed by atoms with van der Waals surface area (Å²) in [6, 6.07) is 7.33. The molecule has 0 spiro atoms. The lowest BCUT2D eigenvalue weighted by molar-refractivity contribution is -0.111. The Balaban J connectivity index is 1.60. The molecule has 1 aliphatic rings. The maximum Gasteiger partial charge on any atom is 0.261 e. The molecule has 26 heavy (non-hydrogen) atoms. The number of aryl methyl sites for hydroxylation is 2. The first kappa shape index (κ1) is 16.7. The summed E-state index contributed by atoms with van der Waals surface area (Å²) in [5.74, 6) is 0.642. The van der Waals surface area contributed by atoms with Crippen molar-refractivity contribution in [3.05, 3.63) is 62.3 Å². The van der Waals surface area contributed by atoms with Crippen molar-refractivity contribution in [1.29, 1.82) is 0 Å². The van der Waals surface area contributed by atoms with Crippen molar-refractivity contribution in [1.82, 2.24) is 9.55 Å². The molecule has 0 saturated carbocycles. The van der Waals surface area contributed by atoms with E-state index in [1.165, 1.54) is 6.08 Å². The van der Waals surface area contributed by atoms with Crippen molar-refractivity contribution in [2.75, 3.05) is 5.32 Å². The minimum Gasteiger partial charge on any atom is -0.322 e. The standard InChI is InChI=1S/C20H19N3O2S/c1-13-9-11-26-17(13)7-8-19(24)21-14-5-6-16-15(12-14)20(25)23-10-3-2-4-18(23)22-16/h5-9,11-12H,2-4,10H2,1H3,(H,21,24). The minimum atomic E-state index is -0.219. The fourth-order valence-electron chi connectivity index (χ4n) is 3.21. The number of nitrogens with zero attached hydrogens (tertiary/aromatic N) is 2. The second-order valence-corrected chi connectivity index (χ2v) is 7.41. The van der Waals surface area contributed by atoms with Crippen LogP contribution in [0.3, 0.4) is 0 Å². The molecule has 132 valence electrons. The van der Waals surface area contributed by atoms with Crippen LogP contribution in [0.4, 0.5) is 5.69 Å². The van der Waals surface area contributed by atoms with Crippen LogP contribution in [-0.2, 0) is 17.8 Å². The Morgan fingerprint density at radius 2 is 2.19 bits per heavy atom. The van der Waals surface area contributed by atoms with Crippen molar-refractivity contribution >= 4 is 39.9 Å². The van der Waals surface area contributed by atoms with Crippen LogP contribution in [0.2, 0.25) is 0 Å². The maximum atomic E-state index is 12.7. The molecule has 0 radical (unpaired) electrons. The highest BCUT2D eigenvalue weighted by atomic mass is 32.1. The van der Waals surface area contributed by atoms with Gasteiger partial charge < -0.3 is 5.32 Å². The van der Waals surface area contributed by atoms with E-state index in [2.05, 4.69) is 10.3 Å². The highest BCUT2D eigenvalue weighted by molar-refractivity contribution is 7.11. The first-order valence-electron chi connectivity index (χ1n) is 8.68. The van der Waals surface area contributed by atoms with Crippen LogP contribution in [0.1, 0.15) is 29.1 Å².